The molecule has 0 fully saturated rings. The minimum Gasteiger partial charge on any atom is -0.392 e. The molecule has 0 aliphatic heterocycles. The Kier molecular flexibility index (Phi) is 4.67. The molecule has 0 aliphatic carbocycles. The molecule has 0 saturated carbocycles. The highest BCUT2D eigenvalue weighted by Crippen LogP contribution is 2.15. The standard InChI is InChI=1S/C10H19N/c1-8(2)9(3)6-7-10(4)11-5/h9,11H,1,4,6-7H2,2-3,5H3. The quantitative estimate of drug-likeness (QED) is 0.599. The van der Waals surface area contributed by atoms with Crippen molar-refractivity contribution in [3.63, 3.8) is 0 Å². The van der Waals surface area contributed by atoms with Crippen LogP contribution in [0, 0.1) is 5.92 Å². The molecule has 0 amide bonds. The zero-order valence-corrected chi connectivity index (χ0v) is 7.91. The lowest BCUT2D eigenvalue weighted by molar-refractivity contribution is 0.601. The summed E-state index contributed by atoms with van der Waals surface area (Å²) in [6.07, 6.45) is 2.19. The first kappa shape index (κ1) is 10.3. The van der Waals surface area contributed by atoms with Crippen molar-refractivity contribution in [2.24, 2.45) is 5.92 Å². The van der Waals surface area contributed by atoms with E-state index < -0.39 is 0 Å². The summed E-state index contributed by atoms with van der Waals surface area (Å²) < 4.78 is 0. The molecule has 0 rings (SSSR count). The molecule has 1 N–H and O–H groups in total. The predicted octanol–water partition coefficient (Wildman–Crippen LogP) is 2.71. The summed E-state index contributed by atoms with van der Waals surface area (Å²) >= 11 is 0. The zero-order valence-electron chi connectivity index (χ0n) is 7.91. The molecule has 1 heteroatoms. The second-order valence-electron chi connectivity index (χ2n) is 3.14. The Morgan fingerprint density at radius 2 is 2.00 bits per heavy atom. The third kappa shape index (κ3) is 4.65. The first-order valence-corrected chi connectivity index (χ1v) is 4.08. The van der Waals surface area contributed by atoms with E-state index in [1.165, 1.54) is 5.57 Å². The van der Waals surface area contributed by atoms with E-state index in [1.54, 1.807) is 0 Å². The first-order chi connectivity index (χ1) is 5.07. The Morgan fingerprint density at radius 3 is 2.36 bits per heavy atom. The van der Waals surface area contributed by atoms with Gasteiger partial charge < -0.3 is 5.32 Å². The van der Waals surface area contributed by atoms with Crippen molar-refractivity contribution < 1.29 is 0 Å². The van der Waals surface area contributed by atoms with Gasteiger partial charge in [-0.2, -0.15) is 0 Å². The Bertz CT molecular complexity index is 147. The van der Waals surface area contributed by atoms with Gasteiger partial charge in [-0.3, -0.25) is 0 Å². The normalized spacial score (nSPS) is 12.3. The average Bonchev–Trinajstić information content (AvgIpc) is 1.99. The second-order valence-corrected chi connectivity index (χ2v) is 3.14. The Balaban J connectivity index is 3.54. The molecule has 0 aromatic carbocycles. The fourth-order valence-electron chi connectivity index (χ4n) is 0.762. The van der Waals surface area contributed by atoms with Crippen LogP contribution < -0.4 is 5.32 Å². The van der Waals surface area contributed by atoms with Crippen molar-refractivity contribution in [1.82, 2.24) is 5.32 Å². The Labute approximate surface area is 70.2 Å². The average molecular weight is 153 g/mol. The molecular weight excluding hydrogens is 134 g/mol. The summed E-state index contributed by atoms with van der Waals surface area (Å²) in [4.78, 5) is 0. The minimum atomic E-state index is 0.611. The van der Waals surface area contributed by atoms with E-state index >= 15 is 0 Å². The van der Waals surface area contributed by atoms with Crippen molar-refractivity contribution in [3.8, 4) is 0 Å². The van der Waals surface area contributed by atoms with Crippen LogP contribution in [0.3, 0.4) is 0 Å². The van der Waals surface area contributed by atoms with Crippen molar-refractivity contribution in [1.29, 1.82) is 0 Å². The smallest absolute Gasteiger partial charge is 0.00312 e. The lowest BCUT2D eigenvalue weighted by Gasteiger charge is -2.11. The van der Waals surface area contributed by atoms with Crippen LogP contribution in [-0.2, 0) is 0 Å². The third-order valence-electron chi connectivity index (χ3n) is 2.07. The van der Waals surface area contributed by atoms with Crippen LogP contribution >= 0.6 is 0 Å². The molecule has 0 radical (unpaired) electrons. The van der Waals surface area contributed by atoms with E-state index in [2.05, 4.69) is 32.3 Å². The number of hydrogen-bond donors (Lipinski definition) is 1. The molecule has 0 heterocycles. The van der Waals surface area contributed by atoms with Gasteiger partial charge in [0, 0.05) is 12.7 Å². The molecule has 0 aromatic rings. The molecule has 1 nitrogen and oxygen atoms in total. The summed E-state index contributed by atoms with van der Waals surface area (Å²) in [6, 6.07) is 0. The van der Waals surface area contributed by atoms with Gasteiger partial charge in [0.15, 0.2) is 0 Å². The molecule has 1 atom stereocenters. The lowest BCUT2D eigenvalue weighted by atomic mass is 9.98. The van der Waals surface area contributed by atoms with Gasteiger partial charge in [0.2, 0.25) is 0 Å². The highest BCUT2D eigenvalue weighted by molar-refractivity contribution is 4.97. The molecule has 64 valence electrons. The molecule has 11 heavy (non-hydrogen) atoms. The van der Waals surface area contributed by atoms with E-state index in [0.717, 1.165) is 18.5 Å². The number of rotatable bonds is 5. The van der Waals surface area contributed by atoms with Crippen LogP contribution in [0.15, 0.2) is 24.4 Å². The molecule has 0 bridgehead atoms. The fourth-order valence-corrected chi connectivity index (χ4v) is 0.762. The van der Waals surface area contributed by atoms with Crippen LogP contribution in [0.1, 0.15) is 26.7 Å². The van der Waals surface area contributed by atoms with E-state index in [-0.39, 0.29) is 0 Å². The van der Waals surface area contributed by atoms with Gasteiger partial charge in [-0.15, -0.1) is 0 Å². The monoisotopic (exact) mass is 153 g/mol. The highest BCUT2D eigenvalue weighted by atomic mass is 14.8. The van der Waals surface area contributed by atoms with Gasteiger partial charge >= 0.3 is 0 Å². The minimum absolute atomic E-state index is 0.611. The summed E-state index contributed by atoms with van der Waals surface area (Å²) in [5.41, 5.74) is 2.37. The first-order valence-electron chi connectivity index (χ1n) is 4.08. The SMILES string of the molecule is C=C(CCC(C)C(=C)C)NC. The zero-order chi connectivity index (χ0) is 8.85. The molecule has 0 aliphatic rings. The number of nitrogens with one attached hydrogen (secondary N) is 1. The summed E-state index contributed by atoms with van der Waals surface area (Å²) in [5, 5.41) is 3.04. The Morgan fingerprint density at radius 1 is 1.45 bits per heavy atom. The van der Waals surface area contributed by atoms with Gasteiger partial charge in [-0.1, -0.05) is 25.7 Å². The topological polar surface area (TPSA) is 12.0 Å². The molecule has 0 aromatic heterocycles. The van der Waals surface area contributed by atoms with Gasteiger partial charge in [0.1, 0.15) is 0 Å². The Hall–Kier alpha value is -0.720. The van der Waals surface area contributed by atoms with Gasteiger partial charge in [0.25, 0.3) is 0 Å². The highest BCUT2D eigenvalue weighted by Gasteiger charge is 2.01. The van der Waals surface area contributed by atoms with Gasteiger partial charge in [-0.25, -0.2) is 0 Å². The van der Waals surface area contributed by atoms with Crippen LogP contribution in [0.2, 0.25) is 0 Å². The van der Waals surface area contributed by atoms with Crippen LogP contribution in [0.5, 0.6) is 0 Å². The number of allylic oxidation sites excluding steroid dienone is 2. The van der Waals surface area contributed by atoms with Crippen LogP contribution in [0.25, 0.3) is 0 Å². The van der Waals surface area contributed by atoms with Crippen molar-refractivity contribution in [2.45, 2.75) is 26.7 Å². The van der Waals surface area contributed by atoms with Gasteiger partial charge in [0.05, 0.1) is 0 Å². The van der Waals surface area contributed by atoms with Crippen molar-refractivity contribution in [3.05, 3.63) is 24.4 Å². The largest absolute Gasteiger partial charge is 0.392 e. The van der Waals surface area contributed by atoms with E-state index in [4.69, 9.17) is 0 Å². The van der Waals surface area contributed by atoms with E-state index in [9.17, 15) is 0 Å². The van der Waals surface area contributed by atoms with E-state index in [1.807, 2.05) is 7.05 Å². The lowest BCUT2D eigenvalue weighted by Crippen LogP contribution is -2.06. The van der Waals surface area contributed by atoms with Crippen molar-refractivity contribution >= 4 is 0 Å². The molecule has 0 saturated heterocycles. The van der Waals surface area contributed by atoms with E-state index in [0.29, 0.717) is 5.92 Å². The molecule has 0 spiro atoms. The number of hydrogen-bond acceptors (Lipinski definition) is 1. The maximum absolute atomic E-state index is 3.91. The maximum Gasteiger partial charge on any atom is 0.00312 e. The fraction of sp³-hybridized carbons (Fsp3) is 0.600. The van der Waals surface area contributed by atoms with Gasteiger partial charge in [-0.05, 0) is 25.7 Å². The second kappa shape index (κ2) is 5.00. The maximum atomic E-state index is 3.91. The summed E-state index contributed by atoms with van der Waals surface area (Å²) in [5.74, 6) is 0.611. The molecular formula is C10H19N. The van der Waals surface area contributed by atoms with Crippen LogP contribution in [-0.4, -0.2) is 7.05 Å². The molecule has 1 unspecified atom stereocenters. The van der Waals surface area contributed by atoms with Crippen LogP contribution in [0.4, 0.5) is 0 Å². The third-order valence-corrected chi connectivity index (χ3v) is 2.07. The summed E-state index contributed by atoms with van der Waals surface area (Å²) in [6.45, 7) is 12.0. The van der Waals surface area contributed by atoms with Crippen molar-refractivity contribution in [2.75, 3.05) is 7.05 Å². The predicted molar refractivity (Wildman–Crippen MR) is 51.4 cm³/mol. The summed E-state index contributed by atoms with van der Waals surface area (Å²) in [7, 11) is 1.91.